The van der Waals surface area contributed by atoms with Crippen LogP contribution in [0.3, 0.4) is 0 Å². The summed E-state index contributed by atoms with van der Waals surface area (Å²) >= 11 is 0. The number of alkyl halides is 3. The molecule has 0 radical (unpaired) electrons. The van der Waals surface area contributed by atoms with Gasteiger partial charge in [0.25, 0.3) is 0 Å². The number of amides is 1. The third kappa shape index (κ3) is 3.47. The second kappa shape index (κ2) is 5.82. The lowest BCUT2D eigenvalue weighted by Gasteiger charge is -2.09. The highest BCUT2D eigenvalue weighted by molar-refractivity contribution is 5.95. The van der Waals surface area contributed by atoms with E-state index in [0.717, 1.165) is 11.1 Å². The largest absolute Gasteiger partial charge is 0.471 e. The Kier molecular flexibility index (Phi) is 4.25. The van der Waals surface area contributed by atoms with E-state index in [1.54, 1.807) is 18.5 Å². The standard InChI is InChI=1S/C15H16F3N3O/c1-9-5-4-6-12(7-9)8-21-11(3)13(10(2)20-21)19-14(22)15(16,17)18/h4-7H,8H2,1-3H3,(H,19,22). The van der Waals surface area contributed by atoms with E-state index in [1.165, 1.54) is 0 Å². The number of benzene rings is 1. The lowest BCUT2D eigenvalue weighted by atomic mass is 10.1. The number of anilines is 1. The Balaban J connectivity index is 2.25. The van der Waals surface area contributed by atoms with Gasteiger partial charge in [0.15, 0.2) is 0 Å². The minimum atomic E-state index is -4.92. The summed E-state index contributed by atoms with van der Waals surface area (Å²) in [4.78, 5) is 11.1. The van der Waals surface area contributed by atoms with Crippen molar-refractivity contribution in [3.8, 4) is 0 Å². The maximum atomic E-state index is 12.4. The zero-order valence-corrected chi connectivity index (χ0v) is 12.5. The van der Waals surface area contributed by atoms with Gasteiger partial charge in [0, 0.05) is 0 Å². The Labute approximate surface area is 125 Å². The van der Waals surface area contributed by atoms with E-state index in [0.29, 0.717) is 17.9 Å². The number of nitrogens with zero attached hydrogens (tertiary/aromatic N) is 2. The van der Waals surface area contributed by atoms with Gasteiger partial charge in [-0.15, -0.1) is 0 Å². The highest BCUT2D eigenvalue weighted by atomic mass is 19.4. The maximum absolute atomic E-state index is 12.4. The number of aromatic nitrogens is 2. The number of aryl methyl sites for hydroxylation is 2. The van der Waals surface area contributed by atoms with Gasteiger partial charge in [-0.05, 0) is 26.3 Å². The summed E-state index contributed by atoms with van der Waals surface area (Å²) in [5.74, 6) is -1.99. The van der Waals surface area contributed by atoms with Crippen LogP contribution in [0.5, 0.6) is 0 Å². The second-order valence-electron chi connectivity index (χ2n) is 5.14. The Bertz CT molecular complexity index is 705. The van der Waals surface area contributed by atoms with Crippen LogP contribution in [0.2, 0.25) is 0 Å². The van der Waals surface area contributed by atoms with Gasteiger partial charge in [-0.25, -0.2) is 0 Å². The van der Waals surface area contributed by atoms with Gasteiger partial charge >= 0.3 is 12.1 Å². The first-order valence-electron chi connectivity index (χ1n) is 6.66. The van der Waals surface area contributed by atoms with Crippen LogP contribution in [0, 0.1) is 20.8 Å². The molecule has 0 saturated carbocycles. The molecule has 1 heterocycles. The molecule has 1 aromatic heterocycles. The zero-order valence-electron chi connectivity index (χ0n) is 12.5. The van der Waals surface area contributed by atoms with Crippen molar-refractivity contribution in [2.45, 2.75) is 33.5 Å². The van der Waals surface area contributed by atoms with Crippen molar-refractivity contribution in [3.05, 3.63) is 46.8 Å². The highest BCUT2D eigenvalue weighted by Crippen LogP contribution is 2.24. The first-order valence-corrected chi connectivity index (χ1v) is 6.66. The topological polar surface area (TPSA) is 46.9 Å². The molecule has 0 aliphatic rings. The second-order valence-corrected chi connectivity index (χ2v) is 5.14. The summed E-state index contributed by atoms with van der Waals surface area (Å²) in [6.45, 7) is 5.57. The third-order valence-corrected chi connectivity index (χ3v) is 3.29. The minimum absolute atomic E-state index is 0.106. The van der Waals surface area contributed by atoms with E-state index in [1.807, 2.05) is 36.5 Å². The summed E-state index contributed by atoms with van der Waals surface area (Å²) in [5, 5.41) is 6.09. The molecule has 1 aromatic carbocycles. The lowest BCUT2D eigenvalue weighted by Crippen LogP contribution is -2.30. The molecule has 0 saturated heterocycles. The van der Waals surface area contributed by atoms with Crippen LogP contribution in [-0.2, 0) is 11.3 Å². The Morgan fingerprint density at radius 1 is 1.27 bits per heavy atom. The van der Waals surface area contributed by atoms with Crippen LogP contribution in [0.15, 0.2) is 24.3 Å². The molecule has 0 aliphatic carbocycles. The van der Waals surface area contributed by atoms with Gasteiger partial charge in [0.2, 0.25) is 0 Å². The molecule has 1 N–H and O–H groups in total. The molecule has 118 valence electrons. The van der Waals surface area contributed by atoms with Crippen LogP contribution >= 0.6 is 0 Å². The van der Waals surface area contributed by atoms with Gasteiger partial charge in [-0.3, -0.25) is 9.48 Å². The van der Waals surface area contributed by atoms with E-state index >= 15 is 0 Å². The number of nitrogens with one attached hydrogen (secondary N) is 1. The Morgan fingerprint density at radius 2 is 1.95 bits per heavy atom. The zero-order chi connectivity index (χ0) is 16.5. The number of carbonyl (C=O) groups is 1. The summed E-state index contributed by atoms with van der Waals surface area (Å²) < 4.78 is 38.7. The molecule has 7 heteroatoms. The predicted molar refractivity (Wildman–Crippen MR) is 76.7 cm³/mol. The summed E-state index contributed by atoms with van der Waals surface area (Å²) in [6, 6.07) is 7.75. The fourth-order valence-electron chi connectivity index (χ4n) is 2.20. The van der Waals surface area contributed by atoms with Crippen molar-refractivity contribution in [2.24, 2.45) is 0 Å². The van der Waals surface area contributed by atoms with Gasteiger partial charge in [0.1, 0.15) is 0 Å². The smallest absolute Gasteiger partial charge is 0.315 e. The van der Waals surface area contributed by atoms with Gasteiger partial charge < -0.3 is 5.32 Å². The fourth-order valence-corrected chi connectivity index (χ4v) is 2.20. The van der Waals surface area contributed by atoms with E-state index in [9.17, 15) is 18.0 Å². The molecule has 2 aromatic rings. The molecule has 0 spiro atoms. The van der Waals surface area contributed by atoms with E-state index in [4.69, 9.17) is 0 Å². The summed E-state index contributed by atoms with van der Waals surface area (Å²) in [5.41, 5.74) is 3.01. The minimum Gasteiger partial charge on any atom is -0.315 e. The molecular weight excluding hydrogens is 295 g/mol. The average Bonchev–Trinajstić information content (AvgIpc) is 2.65. The fraction of sp³-hybridized carbons (Fsp3) is 0.333. The van der Waals surface area contributed by atoms with Crippen LogP contribution in [0.1, 0.15) is 22.5 Å². The first kappa shape index (κ1) is 16.1. The van der Waals surface area contributed by atoms with E-state index in [-0.39, 0.29) is 5.69 Å². The number of hydrogen-bond donors (Lipinski definition) is 1. The average molecular weight is 311 g/mol. The Morgan fingerprint density at radius 3 is 2.55 bits per heavy atom. The van der Waals surface area contributed by atoms with Crippen molar-refractivity contribution < 1.29 is 18.0 Å². The number of halogens is 3. The predicted octanol–water partition coefficient (Wildman–Crippen LogP) is 3.36. The van der Waals surface area contributed by atoms with Crippen LogP contribution in [0.4, 0.5) is 18.9 Å². The maximum Gasteiger partial charge on any atom is 0.471 e. The van der Waals surface area contributed by atoms with Crippen molar-refractivity contribution >= 4 is 11.6 Å². The van der Waals surface area contributed by atoms with Gasteiger partial charge in [-0.1, -0.05) is 29.8 Å². The molecular formula is C15H16F3N3O. The van der Waals surface area contributed by atoms with Crippen LogP contribution < -0.4 is 5.32 Å². The molecule has 0 atom stereocenters. The van der Waals surface area contributed by atoms with E-state index in [2.05, 4.69) is 5.10 Å². The summed E-state index contributed by atoms with van der Waals surface area (Å²) in [7, 11) is 0. The molecule has 0 aliphatic heterocycles. The van der Waals surface area contributed by atoms with Crippen molar-refractivity contribution in [3.63, 3.8) is 0 Å². The molecule has 0 bridgehead atoms. The first-order chi connectivity index (χ1) is 10.2. The monoisotopic (exact) mass is 311 g/mol. The molecule has 1 amide bonds. The molecule has 4 nitrogen and oxygen atoms in total. The normalized spacial score (nSPS) is 11.5. The van der Waals surface area contributed by atoms with Gasteiger partial charge in [-0.2, -0.15) is 18.3 Å². The van der Waals surface area contributed by atoms with Gasteiger partial charge in [0.05, 0.1) is 23.6 Å². The quantitative estimate of drug-likeness (QED) is 0.945. The number of hydrogen-bond acceptors (Lipinski definition) is 2. The molecule has 0 fully saturated rings. The van der Waals surface area contributed by atoms with Crippen LogP contribution in [0.25, 0.3) is 0 Å². The van der Waals surface area contributed by atoms with Crippen molar-refractivity contribution in [1.29, 1.82) is 0 Å². The Hall–Kier alpha value is -2.31. The molecule has 2 rings (SSSR count). The lowest BCUT2D eigenvalue weighted by molar-refractivity contribution is -0.167. The number of rotatable bonds is 3. The third-order valence-electron chi connectivity index (χ3n) is 3.29. The molecule has 0 unspecified atom stereocenters. The van der Waals surface area contributed by atoms with Crippen molar-refractivity contribution in [2.75, 3.05) is 5.32 Å². The van der Waals surface area contributed by atoms with Crippen molar-refractivity contribution in [1.82, 2.24) is 9.78 Å². The summed E-state index contributed by atoms with van der Waals surface area (Å²) in [6.07, 6.45) is -4.92. The molecule has 22 heavy (non-hydrogen) atoms. The number of carbonyl (C=O) groups excluding carboxylic acids is 1. The SMILES string of the molecule is Cc1cccc(Cn2nc(C)c(NC(=O)C(F)(F)F)c2C)c1. The van der Waals surface area contributed by atoms with E-state index < -0.39 is 12.1 Å². The highest BCUT2D eigenvalue weighted by Gasteiger charge is 2.39. The van der Waals surface area contributed by atoms with Crippen LogP contribution in [-0.4, -0.2) is 21.9 Å².